The first-order valence-corrected chi connectivity index (χ1v) is 10.2. The van der Waals surface area contributed by atoms with Gasteiger partial charge in [0.2, 0.25) is 10.9 Å². The van der Waals surface area contributed by atoms with Gasteiger partial charge < -0.3 is 15.4 Å². The SMILES string of the molecule is O=C(Nc1cc(F)c(F)c(F)c1)c1cccc(N(Cc2cccc(B(O)O)c2)[SH](=O)=O)c1. The minimum absolute atomic E-state index is 0.0194. The van der Waals surface area contributed by atoms with Gasteiger partial charge in [0.1, 0.15) is 0 Å². The van der Waals surface area contributed by atoms with Crippen molar-refractivity contribution in [1.29, 1.82) is 0 Å². The molecular weight excluding hydrogens is 448 g/mol. The number of hydrogen-bond donors (Lipinski definition) is 4. The van der Waals surface area contributed by atoms with Crippen LogP contribution in [0.2, 0.25) is 0 Å². The zero-order chi connectivity index (χ0) is 23.4. The molecular formula is C20H16BF3N2O5S. The minimum Gasteiger partial charge on any atom is -0.423 e. The summed E-state index contributed by atoms with van der Waals surface area (Å²) in [6.07, 6.45) is 0. The zero-order valence-corrected chi connectivity index (χ0v) is 17.1. The molecule has 0 radical (unpaired) electrons. The lowest BCUT2D eigenvalue weighted by Gasteiger charge is -2.19. The van der Waals surface area contributed by atoms with Crippen LogP contribution in [0.25, 0.3) is 0 Å². The Morgan fingerprint density at radius 3 is 2.25 bits per heavy atom. The molecule has 166 valence electrons. The number of halogens is 3. The quantitative estimate of drug-likeness (QED) is 0.241. The van der Waals surface area contributed by atoms with Crippen molar-refractivity contribution < 1.29 is 36.4 Å². The van der Waals surface area contributed by atoms with Gasteiger partial charge in [0.25, 0.3) is 5.91 Å². The molecule has 3 aromatic carbocycles. The minimum atomic E-state index is -3.15. The maximum atomic E-state index is 13.4. The van der Waals surface area contributed by atoms with Crippen molar-refractivity contribution >= 4 is 40.8 Å². The Bertz CT molecular complexity index is 1210. The van der Waals surface area contributed by atoms with Crippen LogP contribution in [0.1, 0.15) is 15.9 Å². The van der Waals surface area contributed by atoms with E-state index in [9.17, 15) is 36.4 Å². The van der Waals surface area contributed by atoms with Crippen molar-refractivity contribution in [2.45, 2.75) is 6.54 Å². The number of thiol groups is 1. The molecule has 0 heterocycles. The van der Waals surface area contributed by atoms with Gasteiger partial charge in [-0.1, -0.05) is 30.3 Å². The van der Waals surface area contributed by atoms with Gasteiger partial charge in [-0.3, -0.25) is 9.10 Å². The molecule has 7 nitrogen and oxygen atoms in total. The molecule has 0 fully saturated rings. The Kier molecular flexibility index (Phi) is 7.18. The van der Waals surface area contributed by atoms with Crippen LogP contribution < -0.4 is 15.1 Å². The number of benzene rings is 3. The number of nitrogens with zero attached hydrogens (tertiary/aromatic N) is 1. The Hall–Kier alpha value is -3.35. The van der Waals surface area contributed by atoms with Crippen LogP contribution >= 0.6 is 0 Å². The number of hydrogen-bond acceptors (Lipinski definition) is 5. The number of carbonyl (C=O) groups is 1. The average molecular weight is 464 g/mol. The summed E-state index contributed by atoms with van der Waals surface area (Å²) in [4.78, 5) is 12.5. The van der Waals surface area contributed by atoms with Gasteiger partial charge >= 0.3 is 7.12 Å². The van der Waals surface area contributed by atoms with Crippen LogP contribution in [0.4, 0.5) is 24.5 Å². The molecule has 0 saturated heterocycles. The molecule has 0 bridgehead atoms. The second-order valence-corrected chi connectivity index (χ2v) is 7.63. The molecule has 0 aliphatic carbocycles. The van der Waals surface area contributed by atoms with Gasteiger partial charge in [-0.2, -0.15) is 0 Å². The monoisotopic (exact) mass is 464 g/mol. The van der Waals surface area contributed by atoms with Crippen molar-refractivity contribution in [1.82, 2.24) is 0 Å². The van der Waals surface area contributed by atoms with Gasteiger partial charge in [-0.25, -0.2) is 21.6 Å². The summed E-state index contributed by atoms with van der Waals surface area (Å²) in [5, 5.41) is 20.8. The van der Waals surface area contributed by atoms with Crippen molar-refractivity contribution in [2.75, 3.05) is 9.62 Å². The first-order valence-electron chi connectivity index (χ1n) is 9.08. The summed E-state index contributed by atoms with van der Waals surface area (Å²) in [5.41, 5.74) is 0.425. The summed E-state index contributed by atoms with van der Waals surface area (Å²) in [6, 6.07) is 12.7. The Balaban J connectivity index is 1.85. The predicted octanol–water partition coefficient (Wildman–Crippen LogP) is 1.57. The Labute approximate surface area is 183 Å². The summed E-state index contributed by atoms with van der Waals surface area (Å²) < 4.78 is 64.5. The molecule has 0 aliphatic heterocycles. The standard InChI is InChI=1S/C20H16BF3N2O5S/c22-17-9-15(10-18(23)19(17)24)25-20(27)13-4-2-6-16(8-13)26(32(30)31)11-12-3-1-5-14(7-12)21(28)29/h1-10,28-29,32H,11H2,(H,25,27). The third-order valence-corrected chi connectivity index (χ3v) is 5.19. The maximum absolute atomic E-state index is 13.4. The van der Waals surface area contributed by atoms with Gasteiger partial charge in [0, 0.05) is 23.4 Å². The van der Waals surface area contributed by atoms with E-state index in [1.54, 1.807) is 6.07 Å². The molecule has 3 N–H and O–H groups in total. The molecule has 0 aromatic heterocycles. The summed E-state index contributed by atoms with van der Waals surface area (Å²) in [5.74, 6) is -5.42. The highest BCUT2D eigenvalue weighted by molar-refractivity contribution is 7.74. The molecule has 0 unspecified atom stereocenters. The fourth-order valence-corrected chi connectivity index (χ4v) is 3.50. The van der Waals surface area contributed by atoms with E-state index in [4.69, 9.17) is 0 Å². The third kappa shape index (κ3) is 5.47. The van der Waals surface area contributed by atoms with E-state index in [2.05, 4.69) is 5.32 Å². The van der Waals surface area contributed by atoms with E-state index in [1.165, 1.54) is 42.5 Å². The number of rotatable bonds is 7. The maximum Gasteiger partial charge on any atom is 0.488 e. The molecule has 3 aromatic rings. The summed E-state index contributed by atoms with van der Waals surface area (Å²) >= 11 is 0. The van der Waals surface area contributed by atoms with Crippen LogP contribution in [0, 0.1) is 17.5 Å². The van der Waals surface area contributed by atoms with E-state index >= 15 is 0 Å². The van der Waals surface area contributed by atoms with E-state index in [0.717, 1.165) is 4.31 Å². The predicted molar refractivity (Wildman–Crippen MR) is 113 cm³/mol. The summed E-state index contributed by atoms with van der Waals surface area (Å²) in [6.45, 7) is -0.154. The second-order valence-electron chi connectivity index (χ2n) is 6.67. The van der Waals surface area contributed by atoms with E-state index < -0.39 is 41.4 Å². The van der Waals surface area contributed by atoms with Crippen molar-refractivity contribution in [3.63, 3.8) is 0 Å². The number of amides is 1. The molecule has 32 heavy (non-hydrogen) atoms. The number of carbonyl (C=O) groups excluding carboxylic acids is 1. The molecule has 12 heteroatoms. The van der Waals surface area contributed by atoms with Gasteiger partial charge in [0.15, 0.2) is 17.5 Å². The third-order valence-electron chi connectivity index (χ3n) is 4.43. The number of anilines is 2. The van der Waals surface area contributed by atoms with Crippen LogP contribution in [-0.2, 0) is 17.4 Å². The number of nitrogens with one attached hydrogen (secondary N) is 1. The van der Waals surface area contributed by atoms with Crippen molar-refractivity contribution in [3.05, 3.63) is 89.2 Å². The second kappa shape index (κ2) is 9.85. The van der Waals surface area contributed by atoms with Crippen molar-refractivity contribution in [2.24, 2.45) is 0 Å². The van der Waals surface area contributed by atoms with Crippen LogP contribution in [-0.4, -0.2) is 31.5 Å². The first-order chi connectivity index (χ1) is 15.2. The highest BCUT2D eigenvalue weighted by Crippen LogP contribution is 2.21. The van der Waals surface area contributed by atoms with Crippen LogP contribution in [0.15, 0.2) is 60.7 Å². The molecule has 0 aliphatic rings. The average Bonchev–Trinajstić information content (AvgIpc) is 2.75. The molecule has 0 saturated carbocycles. The summed E-state index contributed by atoms with van der Waals surface area (Å²) in [7, 11) is -4.87. The van der Waals surface area contributed by atoms with E-state index in [-0.39, 0.29) is 28.9 Å². The zero-order valence-electron chi connectivity index (χ0n) is 16.2. The fourth-order valence-electron chi connectivity index (χ4n) is 2.91. The molecule has 0 atom stereocenters. The fraction of sp³-hybridized carbons (Fsp3) is 0.0500. The van der Waals surface area contributed by atoms with Crippen LogP contribution in [0.5, 0.6) is 0 Å². The lowest BCUT2D eigenvalue weighted by molar-refractivity contribution is 0.102. The van der Waals surface area contributed by atoms with E-state index in [1.807, 2.05) is 0 Å². The molecule has 3 rings (SSSR count). The Morgan fingerprint density at radius 2 is 1.62 bits per heavy atom. The first kappa shape index (κ1) is 23.3. The van der Waals surface area contributed by atoms with Crippen LogP contribution in [0.3, 0.4) is 0 Å². The Morgan fingerprint density at radius 1 is 0.969 bits per heavy atom. The lowest BCUT2D eigenvalue weighted by Crippen LogP contribution is -2.30. The lowest BCUT2D eigenvalue weighted by atomic mass is 9.79. The smallest absolute Gasteiger partial charge is 0.423 e. The highest BCUT2D eigenvalue weighted by Gasteiger charge is 2.17. The molecule has 1 amide bonds. The molecule has 0 spiro atoms. The van der Waals surface area contributed by atoms with Gasteiger partial charge in [-0.15, -0.1) is 0 Å². The normalized spacial score (nSPS) is 10.8. The topological polar surface area (TPSA) is 107 Å². The van der Waals surface area contributed by atoms with Gasteiger partial charge in [-0.05, 0) is 29.2 Å². The van der Waals surface area contributed by atoms with Crippen molar-refractivity contribution in [3.8, 4) is 0 Å². The van der Waals surface area contributed by atoms with Gasteiger partial charge in [0.05, 0.1) is 12.2 Å². The van der Waals surface area contributed by atoms with E-state index in [0.29, 0.717) is 17.7 Å². The largest absolute Gasteiger partial charge is 0.488 e. The highest BCUT2D eigenvalue weighted by atomic mass is 32.2.